The molecule has 0 unspecified atom stereocenters. The summed E-state index contributed by atoms with van der Waals surface area (Å²) in [6, 6.07) is 5.30. The molecule has 0 aliphatic carbocycles. The first-order chi connectivity index (χ1) is 13.5. The van der Waals surface area contributed by atoms with Crippen molar-refractivity contribution in [2.45, 2.75) is 13.8 Å². The fraction of sp³-hybridized carbons (Fsp3) is 0.250. The van der Waals surface area contributed by atoms with Crippen molar-refractivity contribution in [3.8, 4) is 17.3 Å². The Bertz CT molecular complexity index is 1040. The molecule has 146 valence electrons. The Labute approximate surface area is 159 Å². The number of hydrazone groups is 1. The fourth-order valence-electron chi connectivity index (χ4n) is 2.42. The van der Waals surface area contributed by atoms with Gasteiger partial charge in [-0.1, -0.05) is 5.21 Å². The normalized spacial score (nSPS) is 11.4. The standard InChI is InChI=1S/C16H18N8O4/c1-8(10-5-6-11(26-3)12(7-10)27-4)18-20-16(25)13-9(2)19-23-24(13)15-14(17)21-28-22-15/h5-7H,1-4H3,(H2,17,21)(H,20,25). The van der Waals surface area contributed by atoms with Crippen molar-refractivity contribution < 1.29 is 18.9 Å². The number of amides is 1. The third-order valence-corrected chi connectivity index (χ3v) is 3.88. The Kier molecular flexibility index (Phi) is 5.20. The summed E-state index contributed by atoms with van der Waals surface area (Å²) in [6.45, 7) is 3.36. The van der Waals surface area contributed by atoms with E-state index < -0.39 is 5.91 Å². The van der Waals surface area contributed by atoms with Crippen LogP contribution < -0.4 is 20.6 Å². The van der Waals surface area contributed by atoms with Crippen LogP contribution in [0.1, 0.15) is 28.7 Å². The maximum Gasteiger partial charge on any atom is 0.292 e. The number of hydrogen-bond acceptors (Lipinski definition) is 10. The first-order valence-electron chi connectivity index (χ1n) is 8.04. The number of nitrogens with zero attached hydrogens (tertiary/aromatic N) is 6. The molecule has 2 heterocycles. The van der Waals surface area contributed by atoms with Crippen LogP contribution in [0, 0.1) is 6.92 Å². The Morgan fingerprint density at radius 3 is 2.64 bits per heavy atom. The van der Waals surface area contributed by atoms with Gasteiger partial charge in [-0.05, 0) is 42.4 Å². The van der Waals surface area contributed by atoms with E-state index in [1.54, 1.807) is 39.2 Å². The van der Waals surface area contributed by atoms with Gasteiger partial charge in [0.1, 0.15) is 0 Å². The molecule has 12 nitrogen and oxygen atoms in total. The summed E-state index contributed by atoms with van der Waals surface area (Å²) in [5.41, 5.74) is 9.89. The minimum Gasteiger partial charge on any atom is -0.493 e. The molecule has 1 amide bonds. The Balaban J connectivity index is 1.85. The molecule has 0 aliphatic rings. The van der Waals surface area contributed by atoms with Crippen molar-refractivity contribution in [3.05, 3.63) is 35.2 Å². The zero-order valence-corrected chi connectivity index (χ0v) is 15.6. The van der Waals surface area contributed by atoms with Gasteiger partial charge in [-0.3, -0.25) is 4.79 Å². The summed E-state index contributed by atoms with van der Waals surface area (Å²) in [6.07, 6.45) is 0. The zero-order valence-electron chi connectivity index (χ0n) is 15.6. The summed E-state index contributed by atoms with van der Waals surface area (Å²) < 4.78 is 16.2. The highest BCUT2D eigenvalue weighted by atomic mass is 16.6. The number of rotatable bonds is 6. The number of carbonyl (C=O) groups excluding carboxylic acids is 1. The van der Waals surface area contributed by atoms with Crippen molar-refractivity contribution in [2.24, 2.45) is 5.10 Å². The van der Waals surface area contributed by atoms with Crippen LogP contribution in [0.2, 0.25) is 0 Å². The van der Waals surface area contributed by atoms with Gasteiger partial charge in [-0.25, -0.2) is 10.1 Å². The average Bonchev–Trinajstić information content (AvgIpc) is 3.30. The molecule has 0 spiro atoms. The number of aryl methyl sites for hydroxylation is 1. The highest BCUT2D eigenvalue weighted by Crippen LogP contribution is 2.27. The maximum absolute atomic E-state index is 12.6. The first kappa shape index (κ1) is 18.8. The van der Waals surface area contributed by atoms with E-state index in [4.69, 9.17) is 15.2 Å². The number of anilines is 1. The molecule has 28 heavy (non-hydrogen) atoms. The third-order valence-electron chi connectivity index (χ3n) is 3.88. The molecule has 0 saturated heterocycles. The van der Waals surface area contributed by atoms with Gasteiger partial charge in [0.05, 0.1) is 25.6 Å². The van der Waals surface area contributed by atoms with E-state index in [9.17, 15) is 4.79 Å². The molecule has 0 aliphatic heterocycles. The van der Waals surface area contributed by atoms with Gasteiger partial charge < -0.3 is 15.2 Å². The van der Waals surface area contributed by atoms with Crippen LogP contribution in [-0.2, 0) is 0 Å². The van der Waals surface area contributed by atoms with Gasteiger partial charge in [-0.2, -0.15) is 9.78 Å². The van der Waals surface area contributed by atoms with E-state index in [2.05, 4.69) is 35.8 Å². The maximum atomic E-state index is 12.6. The lowest BCUT2D eigenvalue weighted by molar-refractivity contribution is 0.0946. The SMILES string of the molecule is COc1ccc(C(C)=NNC(=O)c2c(C)nnn2-c2nonc2N)cc1OC. The van der Waals surface area contributed by atoms with E-state index in [0.29, 0.717) is 22.9 Å². The van der Waals surface area contributed by atoms with Crippen LogP contribution in [0.15, 0.2) is 27.9 Å². The minimum absolute atomic E-state index is 0.0241. The van der Waals surface area contributed by atoms with Crippen LogP contribution in [-0.4, -0.2) is 51.1 Å². The van der Waals surface area contributed by atoms with E-state index >= 15 is 0 Å². The third kappa shape index (κ3) is 3.47. The van der Waals surface area contributed by atoms with Crippen LogP contribution >= 0.6 is 0 Å². The summed E-state index contributed by atoms with van der Waals surface area (Å²) in [5, 5.41) is 18.9. The predicted molar refractivity (Wildman–Crippen MR) is 97.6 cm³/mol. The van der Waals surface area contributed by atoms with Crippen LogP contribution in [0.3, 0.4) is 0 Å². The molecule has 2 aromatic heterocycles. The first-order valence-corrected chi connectivity index (χ1v) is 8.04. The lowest BCUT2D eigenvalue weighted by Gasteiger charge is -2.09. The Hall–Kier alpha value is -3.96. The zero-order chi connectivity index (χ0) is 20.3. The van der Waals surface area contributed by atoms with Gasteiger partial charge in [-0.15, -0.1) is 5.10 Å². The second-order valence-corrected chi connectivity index (χ2v) is 5.62. The number of carbonyl (C=O) groups is 1. The minimum atomic E-state index is -0.551. The monoisotopic (exact) mass is 386 g/mol. The Morgan fingerprint density at radius 1 is 1.25 bits per heavy atom. The highest BCUT2D eigenvalue weighted by molar-refractivity contribution is 6.01. The second-order valence-electron chi connectivity index (χ2n) is 5.62. The Morgan fingerprint density at radius 2 is 2.00 bits per heavy atom. The predicted octanol–water partition coefficient (Wildman–Crippen LogP) is 0.712. The second kappa shape index (κ2) is 7.73. The lowest BCUT2D eigenvalue weighted by atomic mass is 10.1. The lowest BCUT2D eigenvalue weighted by Crippen LogP contribution is -2.24. The van der Waals surface area contributed by atoms with Crippen molar-refractivity contribution in [2.75, 3.05) is 20.0 Å². The molecule has 0 radical (unpaired) electrons. The van der Waals surface area contributed by atoms with Crippen molar-refractivity contribution in [1.29, 1.82) is 0 Å². The number of hydrogen-bond donors (Lipinski definition) is 2. The number of aromatic nitrogens is 5. The van der Waals surface area contributed by atoms with Gasteiger partial charge >= 0.3 is 0 Å². The molecule has 3 aromatic rings. The molecule has 0 saturated carbocycles. The van der Waals surface area contributed by atoms with E-state index in [-0.39, 0.29) is 17.3 Å². The van der Waals surface area contributed by atoms with Crippen molar-refractivity contribution >= 4 is 17.4 Å². The number of ether oxygens (including phenoxy) is 2. The number of benzene rings is 1. The smallest absolute Gasteiger partial charge is 0.292 e. The van der Waals surface area contributed by atoms with Gasteiger partial charge in [0, 0.05) is 5.56 Å². The summed E-state index contributed by atoms with van der Waals surface area (Å²) in [7, 11) is 3.09. The number of methoxy groups -OCH3 is 2. The van der Waals surface area contributed by atoms with Gasteiger partial charge in [0.2, 0.25) is 11.6 Å². The van der Waals surface area contributed by atoms with E-state index in [1.807, 2.05) is 0 Å². The molecular weight excluding hydrogens is 368 g/mol. The molecule has 3 rings (SSSR count). The molecule has 0 atom stereocenters. The topological polar surface area (TPSA) is 156 Å². The molecular formula is C16H18N8O4. The van der Waals surface area contributed by atoms with E-state index in [1.165, 1.54) is 7.11 Å². The highest BCUT2D eigenvalue weighted by Gasteiger charge is 2.23. The average molecular weight is 386 g/mol. The summed E-state index contributed by atoms with van der Waals surface area (Å²) in [4.78, 5) is 12.6. The van der Waals surface area contributed by atoms with Crippen LogP contribution in [0.4, 0.5) is 5.82 Å². The number of nitrogens with one attached hydrogen (secondary N) is 1. The quantitative estimate of drug-likeness (QED) is 0.460. The van der Waals surface area contributed by atoms with Gasteiger partial charge in [0.25, 0.3) is 5.91 Å². The van der Waals surface area contributed by atoms with E-state index in [0.717, 1.165) is 10.2 Å². The van der Waals surface area contributed by atoms with Crippen LogP contribution in [0.25, 0.3) is 5.82 Å². The summed E-state index contributed by atoms with van der Waals surface area (Å²) in [5.74, 6) is 0.625. The number of nitrogen functional groups attached to an aromatic ring is 1. The van der Waals surface area contributed by atoms with Crippen LogP contribution in [0.5, 0.6) is 11.5 Å². The van der Waals surface area contributed by atoms with Crippen molar-refractivity contribution in [1.82, 2.24) is 30.7 Å². The number of nitrogens with two attached hydrogens (primary N) is 1. The van der Waals surface area contributed by atoms with Gasteiger partial charge in [0.15, 0.2) is 17.2 Å². The largest absolute Gasteiger partial charge is 0.493 e. The summed E-state index contributed by atoms with van der Waals surface area (Å²) >= 11 is 0. The molecule has 12 heteroatoms. The molecule has 3 N–H and O–H groups in total. The fourth-order valence-corrected chi connectivity index (χ4v) is 2.42. The van der Waals surface area contributed by atoms with Crippen molar-refractivity contribution in [3.63, 3.8) is 0 Å². The molecule has 1 aromatic carbocycles. The molecule has 0 fully saturated rings. The molecule has 0 bridgehead atoms.